The molecule has 2 heterocycles. The zero-order chi connectivity index (χ0) is 20.2. The first-order chi connectivity index (χ1) is 14.1. The minimum absolute atomic E-state index is 0.275. The second kappa shape index (κ2) is 8.32. The first-order valence-corrected chi connectivity index (χ1v) is 9.63. The lowest BCUT2D eigenvalue weighted by molar-refractivity contribution is 0.102. The molecule has 0 bridgehead atoms. The van der Waals surface area contributed by atoms with Gasteiger partial charge in [0, 0.05) is 21.8 Å². The molecule has 7 nitrogen and oxygen atoms in total. The Labute approximate surface area is 175 Å². The molecule has 0 aliphatic carbocycles. The number of carbonyl (C=O) groups is 2. The van der Waals surface area contributed by atoms with E-state index < -0.39 is 0 Å². The van der Waals surface area contributed by atoms with Crippen LogP contribution < -0.4 is 15.0 Å². The number of pyridine rings is 1. The van der Waals surface area contributed by atoms with Crippen molar-refractivity contribution >= 4 is 39.3 Å². The minimum Gasteiger partial charge on any atom is -0.447 e. The third kappa shape index (κ3) is 4.55. The molecule has 0 saturated carbocycles. The number of nitrogens with one attached hydrogen (secondary N) is 1. The number of carbonyl (C=O) groups excluding carboxylic acids is 2. The largest absolute Gasteiger partial charge is 0.447 e. The van der Waals surface area contributed by atoms with Gasteiger partial charge in [-0.2, -0.15) is 0 Å². The second-order valence-electron chi connectivity index (χ2n) is 6.21. The smallest absolute Gasteiger partial charge is 0.414 e. The highest BCUT2D eigenvalue weighted by molar-refractivity contribution is 9.10. The van der Waals surface area contributed by atoms with Crippen LogP contribution in [0.15, 0.2) is 71.3 Å². The number of amides is 2. The summed E-state index contributed by atoms with van der Waals surface area (Å²) in [4.78, 5) is 29.8. The average molecular weight is 454 g/mol. The van der Waals surface area contributed by atoms with Gasteiger partial charge in [0.2, 0.25) is 5.88 Å². The van der Waals surface area contributed by atoms with Crippen molar-refractivity contribution < 1.29 is 19.1 Å². The summed E-state index contributed by atoms with van der Waals surface area (Å²) < 4.78 is 11.5. The van der Waals surface area contributed by atoms with Gasteiger partial charge in [0.05, 0.1) is 18.4 Å². The normalized spacial score (nSPS) is 13.1. The summed E-state index contributed by atoms with van der Waals surface area (Å²) in [5.74, 6) is 0.802. The molecule has 0 radical (unpaired) electrons. The summed E-state index contributed by atoms with van der Waals surface area (Å²) in [6, 6.07) is 17.6. The van der Waals surface area contributed by atoms with Gasteiger partial charge in [0.15, 0.2) is 0 Å². The zero-order valence-electron chi connectivity index (χ0n) is 15.2. The number of rotatable bonds is 5. The summed E-state index contributed by atoms with van der Waals surface area (Å²) >= 11 is 3.39. The van der Waals surface area contributed by atoms with E-state index in [-0.39, 0.29) is 12.0 Å². The molecular formula is C21H16BrN3O4. The maximum absolute atomic E-state index is 12.4. The maximum Gasteiger partial charge on any atom is 0.414 e. The highest BCUT2D eigenvalue weighted by Crippen LogP contribution is 2.24. The van der Waals surface area contributed by atoms with Crippen LogP contribution in [0.1, 0.15) is 10.4 Å². The summed E-state index contributed by atoms with van der Waals surface area (Å²) in [6.07, 6.45) is 1.15. The van der Waals surface area contributed by atoms with Crippen molar-refractivity contribution in [2.45, 2.75) is 0 Å². The zero-order valence-corrected chi connectivity index (χ0v) is 16.8. The molecule has 1 aromatic heterocycles. The molecule has 2 aromatic carbocycles. The number of benzene rings is 2. The van der Waals surface area contributed by atoms with Gasteiger partial charge in [-0.1, -0.05) is 22.0 Å². The number of hydrogen-bond acceptors (Lipinski definition) is 5. The molecule has 1 fully saturated rings. The van der Waals surface area contributed by atoms with Gasteiger partial charge in [0.25, 0.3) is 5.91 Å². The number of aromatic nitrogens is 1. The van der Waals surface area contributed by atoms with Gasteiger partial charge in [0.1, 0.15) is 12.4 Å². The van der Waals surface area contributed by atoms with E-state index >= 15 is 0 Å². The van der Waals surface area contributed by atoms with Crippen LogP contribution in [0.4, 0.5) is 16.2 Å². The number of halogens is 1. The van der Waals surface area contributed by atoms with E-state index in [2.05, 4.69) is 26.2 Å². The van der Waals surface area contributed by atoms with E-state index in [1.807, 2.05) is 24.3 Å². The summed E-state index contributed by atoms with van der Waals surface area (Å²) in [6.45, 7) is 0.875. The van der Waals surface area contributed by atoms with Crippen LogP contribution in [0.2, 0.25) is 0 Å². The first-order valence-electron chi connectivity index (χ1n) is 8.84. The molecule has 29 heavy (non-hydrogen) atoms. The highest BCUT2D eigenvalue weighted by Gasteiger charge is 2.23. The molecule has 146 valence electrons. The minimum atomic E-state index is -0.376. The van der Waals surface area contributed by atoms with Gasteiger partial charge in [-0.15, -0.1) is 0 Å². The van der Waals surface area contributed by atoms with Crippen LogP contribution in [0.3, 0.4) is 0 Å². The van der Waals surface area contributed by atoms with Crippen LogP contribution in [0.5, 0.6) is 11.6 Å². The number of hydrogen-bond donors (Lipinski definition) is 1. The van der Waals surface area contributed by atoms with Gasteiger partial charge in [-0.05, 0) is 48.5 Å². The predicted molar refractivity (Wildman–Crippen MR) is 112 cm³/mol. The van der Waals surface area contributed by atoms with Gasteiger partial charge in [-0.3, -0.25) is 9.69 Å². The molecule has 1 N–H and O–H groups in total. The van der Waals surface area contributed by atoms with Crippen molar-refractivity contribution in [1.82, 2.24) is 4.98 Å². The van der Waals surface area contributed by atoms with Crippen molar-refractivity contribution in [2.24, 2.45) is 0 Å². The van der Waals surface area contributed by atoms with Crippen molar-refractivity contribution in [2.75, 3.05) is 23.4 Å². The fourth-order valence-corrected chi connectivity index (χ4v) is 3.17. The van der Waals surface area contributed by atoms with E-state index in [0.717, 1.165) is 4.47 Å². The Hall–Kier alpha value is -3.39. The maximum atomic E-state index is 12.4. The first kappa shape index (κ1) is 18.9. The van der Waals surface area contributed by atoms with Crippen LogP contribution in [0.25, 0.3) is 0 Å². The van der Waals surface area contributed by atoms with E-state index in [1.165, 1.54) is 11.1 Å². The van der Waals surface area contributed by atoms with Crippen molar-refractivity contribution in [3.05, 3.63) is 76.9 Å². The van der Waals surface area contributed by atoms with Crippen molar-refractivity contribution in [3.63, 3.8) is 0 Å². The average Bonchev–Trinajstić information content (AvgIpc) is 3.15. The Morgan fingerprint density at radius 1 is 1.14 bits per heavy atom. The third-order valence-electron chi connectivity index (χ3n) is 4.21. The molecular weight excluding hydrogens is 438 g/mol. The van der Waals surface area contributed by atoms with E-state index in [1.54, 1.807) is 36.4 Å². The Kier molecular flexibility index (Phi) is 5.44. The Balaban J connectivity index is 1.38. The van der Waals surface area contributed by atoms with Gasteiger partial charge in [-0.25, -0.2) is 9.78 Å². The van der Waals surface area contributed by atoms with E-state index in [9.17, 15) is 9.59 Å². The predicted octanol–water partition coefficient (Wildman–Crippen LogP) is 4.85. The number of anilines is 2. The Morgan fingerprint density at radius 3 is 2.62 bits per heavy atom. The molecule has 1 aliphatic rings. The van der Waals surface area contributed by atoms with E-state index in [0.29, 0.717) is 41.7 Å². The standard InChI is InChI=1S/C21H16BrN3O4/c22-15-2-1-3-18(12-15)29-19-9-6-16(13-23-19)24-20(26)14-4-7-17(8-5-14)25-10-11-28-21(25)27/h1-9,12-13H,10-11H2,(H,24,26). The van der Waals surface area contributed by atoms with Crippen molar-refractivity contribution in [3.8, 4) is 11.6 Å². The topological polar surface area (TPSA) is 80.8 Å². The van der Waals surface area contributed by atoms with E-state index in [4.69, 9.17) is 9.47 Å². The Bertz CT molecular complexity index is 1040. The van der Waals surface area contributed by atoms with Crippen LogP contribution in [-0.2, 0) is 4.74 Å². The quantitative estimate of drug-likeness (QED) is 0.597. The monoisotopic (exact) mass is 453 g/mol. The van der Waals surface area contributed by atoms with Crippen LogP contribution in [0, 0.1) is 0 Å². The molecule has 4 rings (SSSR count). The fraction of sp³-hybridized carbons (Fsp3) is 0.0952. The molecule has 2 amide bonds. The lowest BCUT2D eigenvalue weighted by atomic mass is 10.2. The van der Waals surface area contributed by atoms with Crippen LogP contribution >= 0.6 is 15.9 Å². The van der Waals surface area contributed by atoms with Gasteiger partial charge < -0.3 is 14.8 Å². The van der Waals surface area contributed by atoms with Crippen LogP contribution in [-0.4, -0.2) is 30.1 Å². The SMILES string of the molecule is O=C(Nc1ccc(Oc2cccc(Br)c2)nc1)c1ccc(N2CCOC2=O)cc1. The third-order valence-corrected chi connectivity index (χ3v) is 4.71. The summed E-state index contributed by atoms with van der Waals surface area (Å²) in [5, 5.41) is 2.79. The fourth-order valence-electron chi connectivity index (χ4n) is 2.79. The van der Waals surface area contributed by atoms with Crippen molar-refractivity contribution in [1.29, 1.82) is 0 Å². The summed E-state index contributed by atoms with van der Waals surface area (Å²) in [5.41, 5.74) is 1.71. The molecule has 8 heteroatoms. The molecule has 0 unspecified atom stereocenters. The highest BCUT2D eigenvalue weighted by atomic mass is 79.9. The number of cyclic esters (lactones) is 1. The number of ether oxygens (including phenoxy) is 2. The molecule has 1 saturated heterocycles. The van der Waals surface area contributed by atoms with Gasteiger partial charge >= 0.3 is 6.09 Å². The Morgan fingerprint density at radius 2 is 1.97 bits per heavy atom. The number of nitrogens with zero attached hydrogens (tertiary/aromatic N) is 2. The summed E-state index contributed by atoms with van der Waals surface area (Å²) in [7, 11) is 0. The lowest BCUT2D eigenvalue weighted by Gasteiger charge is -2.13. The molecule has 0 atom stereocenters. The lowest BCUT2D eigenvalue weighted by Crippen LogP contribution is -2.23. The second-order valence-corrected chi connectivity index (χ2v) is 7.13. The molecule has 1 aliphatic heterocycles. The molecule has 0 spiro atoms. The molecule has 3 aromatic rings.